The van der Waals surface area contributed by atoms with E-state index in [2.05, 4.69) is 24.1 Å². The molecule has 112 valence electrons. The minimum Gasteiger partial charge on any atom is -0.476 e. The standard InChI is InChI=1S/C15H25N3O2/c1-3-8-20-14-12(16)4-5-13(18-14)17-11-15(2)6-9-19-10-7-15/h4-5H,3,6-11,16H2,1-2H3,(H,17,18). The van der Waals surface area contributed by atoms with Gasteiger partial charge in [-0.1, -0.05) is 13.8 Å². The fourth-order valence-corrected chi connectivity index (χ4v) is 2.21. The van der Waals surface area contributed by atoms with Crippen molar-refractivity contribution < 1.29 is 9.47 Å². The Morgan fingerprint density at radius 3 is 2.85 bits per heavy atom. The van der Waals surface area contributed by atoms with Gasteiger partial charge in [-0.25, -0.2) is 0 Å². The van der Waals surface area contributed by atoms with Gasteiger partial charge in [0.2, 0.25) is 5.88 Å². The van der Waals surface area contributed by atoms with Gasteiger partial charge in [0.15, 0.2) is 0 Å². The number of pyridine rings is 1. The zero-order valence-corrected chi connectivity index (χ0v) is 12.4. The van der Waals surface area contributed by atoms with Crippen LogP contribution >= 0.6 is 0 Å². The van der Waals surface area contributed by atoms with Crippen LogP contribution in [-0.2, 0) is 4.74 Å². The number of anilines is 2. The number of hydrogen-bond donors (Lipinski definition) is 2. The first-order valence-corrected chi connectivity index (χ1v) is 7.34. The van der Waals surface area contributed by atoms with E-state index in [1.807, 2.05) is 12.1 Å². The number of aromatic nitrogens is 1. The molecule has 20 heavy (non-hydrogen) atoms. The molecule has 0 bridgehead atoms. The van der Waals surface area contributed by atoms with Crippen molar-refractivity contribution in [2.24, 2.45) is 5.41 Å². The predicted octanol–water partition coefficient (Wildman–Crippen LogP) is 2.68. The van der Waals surface area contributed by atoms with Gasteiger partial charge in [0.1, 0.15) is 5.82 Å². The lowest BCUT2D eigenvalue weighted by Gasteiger charge is -2.33. The molecule has 5 nitrogen and oxygen atoms in total. The van der Waals surface area contributed by atoms with Gasteiger partial charge >= 0.3 is 0 Å². The van der Waals surface area contributed by atoms with Gasteiger partial charge in [-0.15, -0.1) is 0 Å². The molecule has 5 heteroatoms. The molecular formula is C15H25N3O2. The Morgan fingerprint density at radius 1 is 1.40 bits per heavy atom. The van der Waals surface area contributed by atoms with E-state index < -0.39 is 0 Å². The van der Waals surface area contributed by atoms with Crippen molar-refractivity contribution in [1.82, 2.24) is 4.98 Å². The molecule has 0 aliphatic carbocycles. The van der Waals surface area contributed by atoms with E-state index in [-0.39, 0.29) is 5.41 Å². The van der Waals surface area contributed by atoms with Crippen LogP contribution in [0.15, 0.2) is 12.1 Å². The van der Waals surface area contributed by atoms with Crippen LogP contribution < -0.4 is 15.8 Å². The van der Waals surface area contributed by atoms with Crippen LogP contribution in [0.5, 0.6) is 5.88 Å². The van der Waals surface area contributed by atoms with Crippen LogP contribution in [0.25, 0.3) is 0 Å². The zero-order valence-electron chi connectivity index (χ0n) is 12.4. The number of ether oxygens (including phenoxy) is 2. The van der Waals surface area contributed by atoms with E-state index >= 15 is 0 Å². The summed E-state index contributed by atoms with van der Waals surface area (Å²) in [4.78, 5) is 4.44. The Morgan fingerprint density at radius 2 is 2.15 bits per heavy atom. The Hall–Kier alpha value is -1.49. The van der Waals surface area contributed by atoms with E-state index in [1.54, 1.807) is 0 Å². The van der Waals surface area contributed by atoms with Gasteiger partial charge in [-0.2, -0.15) is 4.98 Å². The summed E-state index contributed by atoms with van der Waals surface area (Å²) >= 11 is 0. The molecule has 1 aromatic rings. The topological polar surface area (TPSA) is 69.4 Å². The fraction of sp³-hybridized carbons (Fsp3) is 0.667. The van der Waals surface area contributed by atoms with Crippen LogP contribution in [0.4, 0.5) is 11.5 Å². The predicted molar refractivity (Wildman–Crippen MR) is 81.1 cm³/mol. The smallest absolute Gasteiger partial charge is 0.239 e. The van der Waals surface area contributed by atoms with Gasteiger partial charge in [0.05, 0.1) is 12.3 Å². The van der Waals surface area contributed by atoms with Crippen molar-refractivity contribution in [3.63, 3.8) is 0 Å². The van der Waals surface area contributed by atoms with Crippen molar-refractivity contribution in [2.45, 2.75) is 33.1 Å². The number of nitrogens with one attached hydrogen (secondary N) is 1. The molecule has 1 aliphatic heterocycles. The lowest BCUT2D eigenvalue weighted by Crippen LogP contribution is -2.33. The van der Waals surface area contributed by atoms with E-state index in [1.165, 1.54) is 0 Å². The van der Waals surface area contributed by atoms with Crippen molar-refractivity contribution in [3.8, 4) is 5.88 Å². The maximum absolute atomic E-state index is 5.86. The lowest BCUT2D eigenvalue weighted by atomic mass is 9.82. The molecule has 3 N–H and O–H groups in total. The molecule has 0 spiro atoms. The van der Waals surface area contributed by atoms with E-state index in [9.17, 15) is 0 Å². The summed E-state index contributed by atoms with van der Waals surface area (Å²) in [5.41, 5.74) is 6.72. The molecule has 0 aromatic carbocycles. The van der Waals surface area contributed by atoms with Gasteiger partial charge in [0.25, 0.3) is 0 Å². The summed E-state index contributed by atoms with van der Waals surface area (Å²) < 4.78 is 11.0. The summed E-state index contributed by atoms with van der Waals surface area (Å²) in [6.45, 7) is 7.56. The first-order valence-electron chi connectivity index (χ1n) is 7.34. The zero-order chi connectivity index (χ0) is 14.4. The molecular weight excluding hydrogens is 254 g/mol. The third-order valence-electron chi connectivity index (χ3n) is 3.73. The number of nitrogen functional groups attached to an aromatic ring is 1. The van der Waals surface area contributed by atoms with Gasteiger partial charge in [-0.05, 0) is 36.8 Å². The molecule has 2 heterocycles. The normalized spacial score (nSPS) is 17.7. The van der Waals surface area contributed by atoms with Crippen molar-refractivity contribution in [3.05, 3.63) is 12.1 Å². The highest BCUT2D eigenvalue weighted by Crippen LogP contribution is 2.30. The number of hydrogen-bond acceptors (Lipinski definition) is 5. The van der Waals surface area contributed by atoms with Crippen LogP contribution in [0, 0.1) is 5.41 Å². The van der Waals surface area contributed by atoms with Crippen LogP contribution in [0.2, 0.25) is 0 Å². The molecule has 0 saturated carbocycles. The van der Waals surface area contributed by atoms with E-state index in [4.69, 9.17) is 15.2 Å². The Balaban J connectivity index is 1.95. The van der Waals surface area contributed by atoms with Gasteiger partial charge in [-0.3, -0.25) is 0 Å². The first-order chi connectivity index (χ1) is 9.63. The quantitative estimate of drug-likeness (QED) is 0.838. The minimum absolute atomic E-state index is 0.270. The molecule has 0 amide bonds. The Labute approximate surface area is 120 Å². The van der Waals surface area contributed by atoms with E-state index in [0.29, 0.717) is 18.2 Å². The van der Waals surface area contributed by atoms with Gasteiger partial charge in [0, 0.05) is 19.8 Å². The number of rotatable bonds is 6. The summed E-state index contributed by atoms with van der Waals surface area (Å²) in [5, 5.41) is 3.40. The third-order valence-corrected chi connectivity index (χ3v) is 3.73. The second kappa shape index (κ2) is 6.79. The monoisotopic (exact) mass is 279 g/mol. The molecule has 2 rings (SSSR count). The second-order valence-electron chi connectivity index (χ2n) is 5.72. The molecule has 1 saturated heterocycles. The Kier molecular flexibility index (Phi) is 5.06. The minimum atomic E-state index is 0.270. The van der Waals surface area contributed by atoms with Gasteiger partial charge < -0.3 is 20.5 Å². The highest BCUT2D eigenvalue weighted by Gasteiger charge is 2.27. The molecule has 1 aliphatic rings. The molecule has 0 radical (unpaired) electrons. The summed E-state index contributed by atoms with van der Waals surface area (Å²) in [7, 11) is 0. The molecule has 1 fully saturated rings. The van der Waals surface area contributed by atoms with Crippen molar-refractivity contribution in [1.29, 1.82) is 0 Å². The summed E-state index contributed by atoms with van der Waals surface area (Å²) in [6, 6.07) is 3.74. The molecule has 0 atom stereocenters. The van der Waals surface area contributed by atoms with Crippen LogP contribution in [0.3, 0.4) is 0 Å². The first kappa shape index (κ1) is 14.9. The second-order valence-corrected chi connectivity index (χ2v) is 5.72. The number of nitrogens with two attached hydrogens (primary N) is 1. The average Bonchev–Trinajstić information content (AvgIpc) is 2.46. The summed E-state index contributed by atoms with van der Waals surface area (Å²) in [6.07, 6.45) is 3.10. The van der Waals surface area contributed by atoms with Crippen molar-refractivity contribution in [2.75, 3.05) is 37.4 Å². The molecule has 1 aromatic heterocycles. The average molecular weight is 279 g/mol. The Bertz CT molecular complexity index is 431. The lowest BCUT2D eigenvalue weighted by molar-refractivity contribution is 0.0299. The molecule has 0 unspecified atom stereocenters. The largest absolute Gasteiger partial charge is 0.476 e. The highest BCUT2D eigenvalue weighted by molar-refractivity contribution is 5.53. The van der Waals surface area contributed by atoms with Crippen LogP contribution in [-0.4, -0.2) is 31.3 Å². The summed E-state index contributed by atoms with van der Waals surface area (Å²) in [5.74, 6) is 1.34. The van der Waals surface area contributed by atoms with E-state index in [0.717, 1.165) is 44.8 Å². The maximum atomic E-state index is 5.86. The number of nitrogens with zero attached hydrogens (tertiary/aromatic N) is 1. The van der Waals surface area contributed by atoms with Crippen LogP contribution in [0.1, 0.15) is 33.1 Å². The maximum Gasteiger partial charge on any atom is 0.239 e. The van der Waals surface area contributed by atoms with Crippen molar-refractivity contribution >= 4 is 11.5 Å². The SMILES string of the molecule is CCCOc1nc(NCC2(C)CCOCC2)ccc1N. The third kappa shape index (κ3) is 4.00. The fourth-order valence-electron chi connectivity index (χ4n) is 2.21. The highest BCUT2D eigenvalue weighted by atomic mass is 16.5.